The first kappa shape index (κ1) is 14.4. The fraction of sp³-hybridized carbons (Fsp3) is 0.538. The Kier molecular flexibility index (Phi) is 5.55. The second-order valence-corrected chi connectivity index (χ2v) is 4.34. The Labute approximate surface area is 106 Å². The molecule has 0 spiro atoms. The van der Waals surface area contributed by atoms with Gasteiger partial charge < -0.3 is 5.32 Å². The Morgan fingerprint density at radius 3 is 2.44 bits per heavy atom. The van der Waals surface area contributed by atoms with Crippen LogP contribution < -0.4 is 5.32 Å². The highest BCUT2D eigenvalue weighted by atomic mass is 19.1. The van der Waals surface area contributed by atoms with Gasteiger partial charge in [0, 0.05) is 17.8 Å². The number of benzene rings is 1. The van der Waals surface area contributed by atoms with Crippen LogP contribution >= 0.6 is 0 Å². The highest BCUT2D eigenvalue weighted by molar-refractivity contribution is 5.52. The fourth-order valence-corrected chi connectivity index (χ4v) is 1.96. The summed E-state index contributed by atoms with van der Waals surface area (Å²) in [6.07, 6.45) is 4.08. The lowest BCUT2D eigenvalue weighted by atomic mass is 10.1. The zero-order valence-corrected chi connectivity index (χ0v) is 10.8. The van der Waals surface area contributed by atoms with Crippen molar-refractivity contribution in [3.63, 3.8) is 0 Å². The highest BCUT2D eigenvalue weighted by Gasteiger charge is 2.15. The zero-order valence-electron chi connectivity index (χ0n) is 10.8. The average Bonchev–Trinajstić information content (AvgIpc) is 2.32. The zero-order chi connectivity index (χ0) is 13.5. The van der Waals surface area contributed by atoms with E-state index in [-0.39, 0.29) is 6.04 Å². The fourth-order valence-electron chi connectivity index (χ4n) is 1.96. The topological polar surface area (TPSA) is 55.2 Å². The molecule has 18 heavy (non-hydrogen) atoms. The molecule has 0 bridgehead atoms. The molecule has 0 atom stereocenters. The number of hydrogen-bond acceptors (Lipinski definition) is 3. The van der Waals surface area contributed by atoms with Crippen LogP contribution in [0.15, 0.2) is 18.2 Å². The van der Waals surface area contributed by atoms with E-state index in [0.717, 1.165) is 31.7 Å². The molecule has 0 aliphatic carbocycles. The van der Waals surface area contributed by atoms with Crippen molar-refractivity contribution in [2.75, 3.05) is 5.32 Å². The van der Waals surface area contributed by atoms with Crippen LogP contribution in [-0.2, 0) is 0 Å². The summed E-state index contributed by atoms with van der Waals surface area (Å²) >= 11 is 0. The van der Waals surface area contributed by atoms with E-state index in [0.29, 0.717) is 5.69 Å². The molecule has 0 heterocycles. The van der Waals surface area contributed by atoms with Crippen molar-refractivity contribution in [3.8, 4) is 0 Å². The smallest absolute Gasteiger partial charge is 0.306 e. The molecule has 1 aromatic carbocycles. The number of anilines is 1. The van der Waals surface area contributed by atoms with E-state index in [1.807, 2.05) is 0 Å². The number of nitrogens with one attached hydrogen (secondary N) is 1. The summed E-state index contributed by atoms with van der Waals surface area (Å²) in [5.41, 5.74) is 0.127. The molecule has 1 rings (SSSR count). The van der Waals surface area contributed by atoms with Crippen molar-refractivity contribution in [1.82, 2.24) is 0 Å². The van der Waals surface area contributed by atoms with Gasteiger partial charge in [-0.15, -0.1) is 0 Å². The van der Waals surface area contributed by atoms with E-state index >= 15 is 0 Å². The molecule has 100 valence electrons. The SMILES string of the molecule is CCCC(CCC)Nc1ccc(F)c([N+](=O)[O-])c1. The van der Waals surface area contributed by atoms with Gasteiger partial charge in [0.25, 0.3) is 0 Å². The minimum absolute atomic E-state index is 0.282. The maximum atomic E-state index is 13.2. The number of nitrogens with zero attached hydrogens (tertiary/aromatic N) is 1. The third-order valence-corrected chi connectivity index (χ3v) is 2.79. The van der Waals surface area contributed by atoms with Crippen LogP contribution in [0.25, 0.3) is 0 Å². The molecule has 5 heteroatoms. The summed E-state index contributed by atoms with van der Waals surface area (Å²) in [6, 6.07) is 4.22. The normalized spacial score (nSPS) is 10.7. The molecule has 0 saturated heterocycles. The number of hydrogen-bond donors (Lipinski definition) is 1. The molecule has 0 radical (unpaired) electrons. The van der Waals surface area contributed by atoms with Crippen molar-refractivity contribution >= 4 is 11.4 Å². The second kappa shape index (κ2) is 6.93. The van der Waals surface area contributed by atoms with Gasteiger partial charge in [-0.1, -0.05) is 26.7 Å². The van der Waals surface area contributed by atoms with Crippen molar-refractivity contribution < 1.29 is 9.31 Å². The second-order valence-electron chi connectivity index (χ2n) is 4.34. The summed E-state index contributed by atoms with van der Waals surface area (Å²) in [5.74, 6) is -0.798. The summed E-state index contributed by atoms with van der Waals surface area (Å²) in [7, 11) is 0. The summed E-state index contributed by atoms with van der Waals surface area (Å²) in [5, 5.41) is 13.9. The van der Waals surface area contributed by atoms with Gasteiger partial charge in [0.15, 0.2) is 0 Å². The summed E-state index contributed by atoms with van der Waals surface area (Å²) < 4.78 is 13.2. The molecule has 0 aliphatic heterocycles. The lowest BCUT2D eigenvalue weighted by Crippen LogP contribution is -2.19. The Morgan fingerprint density at radius 2 is 1.94 bits per heavy atom. The van der Waals surface area contributed by atoms with Crippen LogP contribution in [-0.4, -0.2) is 11.0 Å². The largest absolute Gasteiger partial charge is 0.382 e. The number of nitro benzene ring substituents is 1. The molecule has 4 nitrogen and oxygen atoms in total. The van der Waals surface area contributed by atoms with Crippen molar-refractivity contribution in [1.29, 1.82) is 0 Å². The van der Waals surface area contributed by atoms with E-state index < -0.39 is 16.4 Å². The molecular weight excluding hydrogens is 235 g/mol. The lowest BCUT2D eigenvalue weighted by molar-refractivity contribution is -0.387. The molecule has 0 fully saturated rings. The van der Waals surface area contributed by atoms with Crippen LogP contribution in [0.5, 0.6) is 0 Å². The van der Waals surface area contributed by atoms with Gasteiger partial charge in [-0.05, 0) is 25.0 Å². The van der Waals surface area contributed by atoms with Gasteiger partial charge in [-0.3, -0.25) is 10.1 Å². The van der Waals surface area contributed by atoms with E-state index in [2.05, 4.69) is 19.2 Å². The van der Waals surface area contributed by atoms with E-state index in [1.165, 1.54) is 6.07 Å². The molecule has 1 aromatic rings. The predicted octanol–water partition coefficient (Wildman–Crippen LogP) is 4.11. The number of nitro groups is 1. The molecule has 0 unspecified atom stereocenters. The van der Waals surface area contributed by atoms with Crippen molar-refractivity contribution in [2.45, 2.75) is 45.6 Å². The first-order chi connectivity index (χ1) is 8.58. The van der Waals surface area contributed by atoms with Gasteiger partial charge in [0.05, 0.1) is 4.92 Å². The van der Waals surface area contributed by atoms with Gasteiger partial charge in [-0.2, -0.15) is 4.39 Å². The Balaban J connectivity index is 2.82. The third-order valence-electron chi connectivity index (χ3n) is 2.79. The Bertz CT molecular complexity index is 404. The lowest BCUT2D eigenvalue weighted by Gasteiger charge is -2.18. The molecule has 0 amide bonds. The molecular formula is C13H19FN2O2. The first-order valence-electron chi connectivity index (χ1n) is 6.29. The molecule has 0 aromatic heterocycles. The van der Waals surface area contributed by atoms with Crippen LogP contribution in [0.1, 0.15) is 39.5 Å². The number of rotatable bonds is 7. The quantitative estimate of drug-likeness (QED) is 0.588. The van der Waals surface area contributed by atoms with Gasteiger partial charge in [-0.25, -0.2) is 0 Å². The predicted molar refractivity (Wildman–Crippen MR) is 70.3 cm³/mol. The average molecular weight is 254 g/mol. The standard InChI is InChI=1S/C13H19FN2O2/c1-3-5-10(6-4-2)15-11-7-8-12(14)13(9-11)16(17)18/h7-10,15H,3-6H2,1-2H3. The molecule has 0 aliphatic rings. The van der Waals surface area contributed by atoms with Gasteiger partial charge in [0.2, 0.25) is 5.82 Å². The number of halogens is 1. The Hall–Kier alpha value is -1.65. The maximum absolute atomic E-state index is 13.2. The Morgan fingerprint density at radius 1 is 1.33 bits per heavy atom. The summed E-state index contributed by atoms with van der Waals surface area (Å²) in [4.78, 5) is 9.95. The van der Waals surface area contributed by atoms with Crippen LogP contribution in [0.3, 0.4) is 0 Å². The van der Waals surface area contributed by atoms with Crippen molar-refractivity contribution in [3.05, 3.63) is 34.1 Å². The minimum Gasteiger partial charge on any atom is -0.382 e. The molecule has 0 saturated carbocycles. The van der Waals surface area contributed by atoms with E-state index in [9.17, 15) is 14.5 Å². The van der Waals surface area contributed by atoms with Gasteiger partial charge >= 0.3 is 5.69 Å². The van der Waals surface area contributed by atoms with Gasteiger partial charge in [0.1, 0.15) is 0 Å². The summed E-state index contributed by atoms with van der Waals surface area (Å²) in [6.45, 7) is 4.19. The van der Waals surface area contributed by atoms with Crippen molar-refractivity contribution in [2.24, 2.45) is 0 Å². The van der Waals surface area contributed by atoms with Crippen LogP contribution in [0, 0.1) is 15.9 Å². The van der Waals surface area contributed by atoms with Crippen LogP contribution in [0.2, 0.25) is 0 Å². The third kappa shape index (κ3) is 3.98. The maximum Gasteiger partial charge on any atom is 0.306 e. The van der Waals surface area contributed by atoms with E-state index in [4.69, 9.17) is 0 Å². The molecule has 1 N–H and O–H groups in total. The highest BCUT2D eigenvalue weighted by Crippen LogP contribution is 2.23. The monoisotopic (exact) mass is 254 g/mol. The van der Waals surface area contributed by atoms with E-state index in [1.54, 1.807) is 6.07 Å². The van der Waals surface area contributed by atoms with Crippen LogP contribution in [0.4, 0.5) is 15.8 Å². The first-order valence-corrected chi connectivity index (χ1v) is 6.29. The minimum atomic E-state index is -0.798.